The van der Waals surface area contributed by atoms with E-state index in [0.717, 1.165) is 33.4 Å². The number of amides is 1. The Morgan fingerprint density at radius 3 is 2.61 bits per heavy atom. The monoisotopic (exact) mass is 456 g/mol. The van der Waals surface area contributed by atoms with Crippen molar-refractivity contribution in [1.29, 1.82) is 0 Å². The molecule has 174 valence electrons. The molecule has 0 radical (unpaired) electrons. The maximum atomic E-state index is 13.9. The van der Waals surface area contributed by atoms with Gasteiger partial charge in [-0.05, 0) is 30.0 Å². The Morgan fingerprint density at radius 2 is 1.94 bits per heavy atom. The van der Waals surface area contributed by atoms with Crippen LogP contribution in [0.1, 0.15) is 53.2 Å². The van der Waals surface area contributed by atoms with E-state index < -0.39 is 18.3 Å². The fourth-order valence-corrected chi connectivity index (χ4v) is 4.21. The minimum atomic E-state index is -4.45. The molecule has 4 rings (SSSR count). The number of alkyl halides is 3. The lowest BCUT2D eigenvalue weighted by molar-refractivity contribution is -0.173. The second-order valence-corrected chi connectivity index (χ2v) is 8.49. The van der Waals surface area contributed by atoms with Crippen molar-refractivity contribution in [1.82, 2.24) is 15.1 Å². The van der Waals surface area contributed by atoms with Crippen LogP contribution in [0.15, 0.2) is 54.7 Å². The fourth-order valence-electron chi connectivity index (χ4n) is 4.21. The van der Waals surface area contributed by atoms with E-state index >= 15 is 0 Å². The first-order valence-corrected chi connectivity index (χ1v) is 11.0. The van der Waals surface area contributed by atoms with Crippen LogP contribution in [0.3, 0.4) is 0 Å². The van der Waals surface area contributed by atoms with Crippen molar-refractivity contribution in [2.24, 2.45) is 0 Å². The SMILES string of the molecule is CCc1ccc([C@H]2C[C@@H](C(F)(F)F)n3ncc(CC(=O)NCc4cccc(C)c4)c3N2)cc1. The van der Waals surface area contributed by atoms with Crippen molar-refractivity contribution in [3.8, 4) is 0 Å². The number of benzene rings is 2. The lowest BCUT2D eigenvalue weighted by Crippen LogP contribution is -2.36. The van der Waals surface area contributed by atoms with E-state index in [2.05, 4.69) is 15.7 Å². The van der Waals surface area contributed by atoms with E-state index in [-0.39, 0.29) is 24.6 Å². The standard InChI is InChI=1S/C25H27F3N4O/c1-3-17-7-9-19(10-8-17)21-13-22(25(26,27)28)32-24(31-21)20(15-30-32)12-23(33)29-14-18-6-4-5-16(2)11-18/h4-11,15,21-22,31H,3,12-14H2,1-2H3,(H,29,33)/t21-,22+/m1/s1. The largest absolute Gasteiger partial charge is 0.410 e. The van der Waals surface area contributed by atoms with Crippen molar-refractivity contribution in [2.75, 3.05) is 5.32 Å². The molecule has 1 aromatic heterocycles. The normalized spacial score (nSPS) is 17.8. The Bertz CT molecular complexity index is 1120. The van der Waals surface area contributed by atoms with E-state index in [4.69, 9.17) is 0 Å². The molecule has 2 aromatic carbocycles. The molecule has 0 saturated heterocycles. The number of nitrogens with one attached hydrogen (secondary N) is 2. The van der Waals surface area contributed by atoms with Crippen LogP contribution in [0.2, 0.25) is 0 Å². The lowest BCUT2D eigenvalue weighted by atomic mass is 9.95. The van der Waals surface area contributed by atoms with E-state index in [1.807, 2.05) is 62.4 Å². The van der Waals surface area contributed by atoms with Gasteiger partial charge in [0.2, 0.25) is 5.91 Å². The fraction of sp³-hybridized carbons (Fsp3) is 0.360. The molecule has 33 heavy (non-hydrogen) atoms. The van der Waals surface area contributed by atoms with E-state index in [1.165, 1.54) is 6.20 Å². The number of nitrogens with zero attached hydrogens (tertiary/aromatic N) is 2. The molecule has 3 aromatic rings. The lowest BCUT2D eigenvalue weighted by Gasteiger charge is -2.34. The first kappa shape index (κ1) is 22.9. The predicted molar refractivity (Wildman–Crippen MR) is 121 cm³/mol. The number of anilines is 1. The van der Waals surface area contributed by atoms with Gasteiger partial charge in [0.1, 0.15) is 5.82 Å². The highest BCUT2D eigenvalue weighted by atomic mass is 19.4. The number of carbonyl (C=O) groups is 1. The Hall–Kier alpha value is -3.29. The molecule has 0 bridgehead atoms. The summed E-state index contributed by atoms with van der Waals surface area (Å²) >= 11 is 0. The van der Waals surface area contributed by atoms with Gasteiger partial charge in [-0.1, -0.05) is 61.0 Å². The molecule has 1 amide bonds. The summed E-state index contributed by atoms with van der Waals surface area (Å²) in [4.78, 5) is 12.6. The first-order chi connectivity index (χ1) is 15.7. The molecule has 0 fully saturated rings. The Morgan fingerprint density at radius 1 is 1.18 bits per heavy atom. The maximum Gasteiger partial charge on any atom is 0.410 e. The van der Waals surface area contributed by atoms with Crippen LogP contribution in [0.4, 0.5) is 19.0 Å². The molecule has 2 atom stereocenters. The number of rotatable bonds is 6. The van der Waals surface area contributed by atoms with Gasteiger partial charge in [-0.3, -0.25) is 4.79 Å². The number of carbonyl (C=O) groups excluding carboxylic acids is 1. The van der Waals surface area contributed by atoms with Gasteiger partial charge in [0.05, 0.1) is 18.7 Å². The third-order valence-corrected chi connectivity index (χ3v) is 6.03. The molecule has 0 saturated carbocycles. The van der Waals surface area contributed by atoms with Crippen molar-refractivity contribution in [2.45, 2.75) is 57.9 Å². The minimum Gasteiger partial charge on any atom is -0.363 e. The third kappa shape index (κ3) is 5.21. The van der Waals surface area contributed by atoms with Crippen molar-refractivity contribution >= 4 is 11.7 Å². The third-order valence-electron chi connectivity index (χ3n) is 6.03. The first-order valence-electron chi connectivity index (χ1n) is 11.0. The average molecular weight is 457 g/mol. The Balaban J connectivity index is 1.53. The number of fused-ring (bicyclic) bond motifs is 1. The number of hydrogen-bond donors (Lipinski definition) is 2. The molecule has 8 heteroatoms. The van der Waals surface area contributed by atoms with Gasteiger partial charge in [-0.2, -0.15) is 18.3 Å². The molecule has 1 aliphatic rings. The van der Waals surface area contributed by atoms with Gasteiger partial charge in [-0.15, -0.1) is 0 Å². The van der Waals surface area contributed by atoms with Crippen LogP contribution in [0, 0.1) is 6.92 Å². The molecular formula is C25H27F3N4O. The zero-order chi connectivity index (χ0) is 23.6. The van der Waals surface area contributed by atoms with Crippen LogP contribution >= 0.6 is 0 Å². The van der Waals surface area contributed by atoms with Crippen LogP contribution in [-0.4, -0.2) is 21.9 Å². The van der Waals surface area contributed by atoms with Crippen LogP contribution in [0.25, 0.3) is 0 Å². The van der Waals surface area contributed by atoms with Crippen LogP contribution in [0.5, 0.6) is 0 Å². The Kier molecular flexibility index (Phi) is 6.44. The number of aromatic nitrogens is 2. The van der Waals surface area contributed by atoms with E-state index in [0.29, 0.717) is 12.1 Å². The molecule has 0 unspecified atom stereocenters. The second-order valence-electron chi connectivity index (χ2n) is 8.49. The highest BCUT2D eigenvalue weighted by Gasteiger charge is 2.46. The summed E-state index contributed by atoms with van der Waals surface area (Å²) in [5.41, 5.74) is 4.40. The summed E-state index contributed by atoms with van der Waals surface area (Å²) < 4.78 is 42.6. The topological polar surface area (TPSA) is 59.0 Å². The second kappa shape index (κ2) is 9.29. The number of hydrogen-bond acceptors (Lipinski definition) is 3. The summed E-state index contributed by atoms with van der Waals surface area (Å²) in [5, 5.41) is 10.0. The molecule has 0 aliphatic carbocycles. The van der Waals surface area contributed by atoms with Crippen LogP contribution in [-0.2, 0) is 24.2 Å². The molecule has 0 spiro atoms. The summed E-state index contributed by atoms with van der Waals surface area (Å²) in [5.74, 6) is -0.0223. The zero-order valence-electron chi connectivity index (χ0n) is 18.6. The van der Waals surface area contributed by atoms with Gasteiger partial charge < -0.3 is 10.6 Å². The van der Waals surface area contributed by atoms with Gasteiger partial charge in [0, 0.05) is 18.5 Å². The zero-order valence-corrected chi connectivity index (χ0v) is 18.6. The molecule has 1 aliphatic heterocycles. The summed E-state index contributed by atoms with van der Waals surface area (Å²) in [6.45, 7) is 4.36. The van der Waals surface area contributed by atoms with Crippen molar-refractivity contribution < 1.29 is 18.0 Å². The Labute approximate surface area is 191 Å². The quantitative estimate of drug-likeness (QED) is 0.531. The predicted octanol–water partition coefficient (Wildman–Crippen LogP) is 5.27. The van der Waals surface area contributed by atoms with Gasteiger partial charge in [0.15, 0.2) is 6.04 Å². The van der Waals surface area contributed by atoms with Crippen molar-refractivity contribution in [3.63, 3.8) is 0 Å². The van der Waals surface area contributed by atoms with Gasteiger partial charge in [-0.25, -0.2) is 4.68 Å². The number of aryl methyl sites for hydroxylation is 2. The molecule has 2 N–H and O–H groups in total. The molecular weight excluding hydrogens is 429 g/mol. The summed E-state index contributed by atoms with van der Waals surface area (Å²) in [6.07, 6.45) is -2.45. The van der Waals surface area contributed by atoms with Crippen molar-refractivity contribution in [3.05, 3.63) is 82.5 Å². The minimum absolute atomic E-state index is 0.0553. The van der Waals surface area contributed by atoms with Gasteiger partial charge in [0.25, 0.3) is 0 Å². The molecule has 2 heterocycles. The summed E-state index contributed by atoms with van der Waals surface area (Å²) in [6, 6.07) is 13.1. The highest BCUT2D eigenvalue weighted by Crippen LogP contribution is 2.44. The van der Waals surface area contributed by atoms with Crippen LogP contribution < -0.4 is 10.6 Å². The maximum absolute atomic E-state index is 13.9. The van der Waals surface area contributed by atoms with Gasteiger partial charge >= 0.3 is 6.18 Å². The average Bonchev–Trinajstić information content (AvgIpc) is 3.19. The smallest absolute Gasteiger partial charge is 0.363 e. The molecule has 5 nitrogen and oxygen atoms in total. The van der Waals surface area contributed by atoms with E-state index in [9.17, 15) is 18.0 Å². The van der Waals surface area contributed by atoms with E-state index in [1.54, 1.807) is 0 Å². The summed E-state index contributed by atoms with van der Waals surface area (Å²) in [7, 11) is 0. The number of halogens is 3. The highest BCUT2D eigenvalue weighted by molar-refractivity contribution is 5.80.